The van der Waals surface area contributed by atoms with Gasteiger partial charge in [0.15, 0.2) is 5.88 Å². The van der Waals surface area contributed by atoms with Crippen molar-refractivity contribution >= 4 is 5.71 Å². The topological polar surface area (TPSA) is 67.8 Å². The van der Waals surface area contributed by atoms with E-state index in [9.17, 15) is 0 Å². The zero-order chi connectivity index (χ0) is 11.5. The van der Waals surface area contributed by atoms with Gasteiger partial charge >= 0.3 is 0 Å². The van der Waals surface area contributed by atoms with Crippen molar-refractivity contribution in [1.29, 1.82) is 0 Å². The highest BCUT2D eigenvalue weighted by molar-refractivity contribution is 6.03. The van der Waals surface area contributed by atoms with Crippen LogP contribution in [0.1, 0.15) is 33.6 Å². The van der Waals surface area contributed by atoms with E-state index in [0.717, 1.165) is 18.6 Å². The van der Waals surface area contributed by atoms with E-state index in [1.54, 1.807) is 6.08 Å². The van der Waals surface area contributed by atoms with E-state index in [1.807, 2.05) is 20.8 Å². The lowest BCUT2D eigenvalue weighted by molar-refractivity contribution is 0.0866. The molecule has 0 bridgehead atoms. The molecule has 2 atom stereocenters. The first kappa shape index (κ1) is 12.0. The van der Waals surface area contributed by atoms with Crippen molar-refractivity contribution in [2.24, 2.45) is 10.7 Å². The van der Waals surface area contributed by atoms with Gasteiger partial charge in [0.1, 0.15) is 5.60 Å². The Hall–Kier alpha value is -1.03. The van der Waals surface area contributed by atoms with Gasteiger partial charge in [0.05, 0.1) is 18.4 Å². The van der Waals surface area contributed by atoms with Crippen LogP contribution < -0.4 is 5.73 Å². The molecule has 0 aliphatic carbocycles. The lowest BCUT2D eigenvalue weighted by Gasteiger charge is -2.24. The Labute approximate surface area is 90.8 Å². The van der Waals surface area contributed by atoms with Crippen LogP contribution >= 0.6 is 0 Å². The van der Waals surface area contributed by atoms with E-state index < -0.39 is 5.60 Å². The Bertz CT molecular complexity index is 282. The van der Waals surface area contributed by atoms with Crippen molar-refractivity contribution in [2.45, 2.75) is 45.3 Å². The van der Waals surface area contributed by atoms with Crippen LogP contribution in [0.5, 0.6) is 0 Å². The lowest BCUT2D eigenvalue weighted by Crippen LogP contribution is -2.33. The fourth-order valence-electron chi connectivity index (χ4n) is 1.51. The van der Waals surface area contributed by atoms with E-state index in [-0.39, 0.29) is 12.6 Å². The van der Waals surface area contributed by atoms with Crippen LogP contribution in [0.25, 0.3) is 0 Å². The molecule has 1 aliphatic rings. The van der Waals surface area contributed by atoms with E-state index in [4.69, 9.17) is 15.6 Å². The number of nitrogens with two attached hydrogens (primary N) is 1. The van der Waals surface area contributed by atoms with Gasteiger partial charge < -0.3 is 15.6 Å². The van der Waals surface area contributed by atoms with Gasteiger partial charge in [0.25, 0.3) is 0 Å². The Kier molecular flexibility index (Phi) is 3.74. The van der Waals surface area contributed by atoms with E-state index in [1.165, 1.54) is 0 Å². The monoisotopic (exact) mass is 212 g/mol. The summed E-state index contributed by atoms with van der Waals surface area (Å²) >= 11 is 0. The molecule has 0 aromatic rings. The molecule has 1 aliphatic heterocycles. The lowest BCUT2D eigenvalue weighted by atomic mass is 9.97. The molecular formula is C11H20N2O2. The van der Waals surface area contributed by atoms with Crippen LogP contribution in [-0.2, 0) is 4.74 Å². The number of aliphatic hydroxyl groups is 1. The largest absolute Gasteiger partial charge is 0.467 e. The number of aliphatic hydroxyl groups excluding tert-OH is 1. The van der Waals surface area contributed by atoms with Gasteiger partial charge in [-0.15, -0.1) is 0 Å². The second-order valence-corrected chi connectivity index (χ2v) is 3.99. The highest BCUT2D eigenvalue weighted by Gasteiger charge is 2.35. The minimum atomic E-state index is -0.424. The first-order chi connectivity index (χ1) is 7.05. The molecule has 0 radical (unpaired) electrons. The number of hydrogen-bond acceptors (Lipinski definition) is 4. The summed E-state index contributed by atoms with van der Waals surface area (Å²) in [5.74, 6) is 0.408. The standard InChI is InChI=1S/C11H20N2O2/c1-4-8(7-14)13-9-6-10(12)15-11(9,3)5-2/h6,8,14H,4-5,7,12H2,1-3H3. The predicted molar refractivity (Wildman–Crippen MR) is 60.7 cm³/mol. The zero-order valence-electron chi connectivity index (χ0n) is 9.66. The van der Waals surface area contributed by atoms with Gasteiger partial charge in [-0.05, 0) is 19.8 Å². The molecule has 4 nitrogen and oxygen atoms in total. The van der Waals surface area contributed by atoms with E-state index >= 15 is 0 Å². The summed E-state index contributed by atoms with van der Waals surface area (Å²) in [6.45, 7) is 6.05. The maximum atomic E-state index is 9.10. The Balaban J connectivity index is 2.91. The predicted octanol–water partition coefficient (Wildman–Crippen LogP) is 1.20. The van der Waals surface area contributed by atoms with Crippen molar-refractivity contribution in [3.05, 3.63) is 12.0 Å². The molecule has 2 unspecified atom stereocenters. The fourth-order valence-corrected chi connectivity index (χ4v) is 1.51. The quantitative estimate of drug-likeness (QED) is 0.735. The van der Waals surface area contributed by atoms with Crippen LogP contribution in [0, 0.1) is 0 Å². The van der Waals surface area contributed by atoms with Crippen LogP contribution in [0.15, 0.2) is 17.0 Å². The molecule has 3 N–H and O–H groups in total. The van der Waals surface area contributed by atoms with Gasteiger partial charge in [0.2, 0.25) is 0 Å². The van der Waals surface area contributed by atoms with Crippen molar-refractivity contribution in [2.75, 3.05) is 6.61 Å². The van der Waals surface area contributed by atoms with Crippen molar-refractivity contribution < 1.29 is 9.84 Å². The molecule has 1 rings (SSSR count). The third-order valence-electron chi connectivity index (χ3n) is 2.84. The molecule has 0 aromatic heterocycles. The smallest absolute Gasteiger partial charge is 0.187 e. The third kappa shape index (κ3) is 2.50. The molecule has 0 aromatic carbocycles. The Morgan fingerprint density at radius 2 is 2.27 bits per heavy atom. The van der Waals surface area contributed by atoms with Crippen LogP contribution in [0.2, 0.25) is 0 Å². The van der Waals surface area contributed by atoms with E-state index in [2.05, 4.69) is 4.99 Å². The first-order valence-corrected chi connectivity index (χ1v) is 5.41. The van der Waals surface area contributed by atoms with Crippen LogP contribution in [0.4, 0.5) is 0 Å². The summed E-state index contributed by atoms with van der Waals surface area (Å²) in [6.07, 6.45) is 3.38. The second kappa shape index (κ2) is 4.66. The summed E-state index contributed by atoms with van der Waals surface area (Å²) in [5, 5.41) is 9.10. The molecule has 0 saturated heterocycles. The average Bonchev–Trinajstić information content (AvgIpc) is 2.51. The Morgan fingerprint density at radius 1 is 1.60 bits per heavy atom. The van der Waals surface area contributed by atoms with Crippen molar-refractivity contribution in [3.63, 3.8) is 0 Å². The minimum absolute atomic E-state index is 0.0587. The summed E-state index contributed by atoms with van der Waals surface area (Å²) < 4.78 is 5.53. The van der Waals surface area contributed by atoms with Crippen molar-refractivity contribution in [1.82, 2.24) is 0 Å². The van der Waals surface area contributed by atoms with E-state index in [0.29, 0.717) is 5.88 Å². The summed E-state index contributed by atoms with van der Waals surface area (Å²) in [4.78, 5) is 4.47. The number of hydrogen-bond donors (Lipinski definition) is 2. The van der Waals surface area contributed by atoms with Gasteiger partial charge in [-0.25, -0.2) is 0 Å². The maximum absolute atomic E-state index is 9.10. The molecule has 0 amide bonds. The first-order valence-electron chi connectivity index (χ1n) is 5.41. The number of aliphatic imine (C=N–C) groups is 1. The number of nitrogens with zero attached hydrogens (tertiary/aromatic N) is 1. The average molecular weight is 212 g/mol. The third-order valence-corrected chi connectivity index (χ3v) is 2.84. The van der Waals surface area contributed by atoms with Crippen molar-refractivity contribution in [3.8, 4) is 0 Å². The van der Waals surface area contributed by atoms with Gasteiger partial charge in [-0.3, -0.25) is 4.99 Å². The van der Waals surface area contributed by atoms with Gasteiger partial charge in [-0.1, -0.05) is 13.8 Å². The zero-order valence-corrected chi connectivity index (χ0v) is 9.66. The summed E-state index contributed by atoms with van der Waals surface area (Å²) in [5.41, 5.74) is 6.04. The molecule has 0 spiro atoms. The molecule has 0 saturated carbocycles. The summed E-state index contributed by atoms with van der Waals surface area (Å²) in [6, 6.07) is -0.0587. The second-order valence-electron chi connectivity index (χ2n) is 3.99. The molecule has 15 heavy (non-hydrogen) atoms. The molecule has 1 heterocycles. The fraction of sp³-hybridized carbons (Fsp3) is 0.727. The number of rotatable bonds is 4. The molecule has 0 fully saturated rings. The highest BCUT2D eigenvalue weighted by Crippen LogP contribution is 2.27. The van der Waals surface area contributed by atoms with Crippen LogP contribution in [-0.4, -0.2) is 29.1 Å². The van der Waals surface area contributed by atoms with Gasteiger partial charge in [-0.2, -0.15) is 0 Å². The summed E-state index contributed by atoms with van der Waals surface area (Å²) in [7, 11) is 0. The molecule has 86 valence electrons. The van der Waals surface area contributed by atoms with Crippen LogP contribution in [0.3, 0.4) is 0 Å². The molecular weight excluding hydrogens is 192 g/mol. The number of ether oxygens (including phenoxy) is 1. The molecule has 4 heteroatoms. The SMILES string of the molecule is CCC(CO)N=C1C=C(N)OC1(C)CC. The normalized spacial score (nSPS) is 30.1. The minimum Gasteiger partial charge on any atom is -0.467 e. The Morgan fingerprint density at radius 3 is 2.73 bits per heavy atom. The van der Waals surface area contributed by atoms with Gasteiger partial charge in [0, 0.05) is 6.08 Å². The highest BCUT2D eigenvalue weighted by atomic mass is 16.5. The maximum Gasteiger partial charge on any atom is 0.187 e.